The predicted molar refractivity (Wildman–Crippen MR) is 47.6 cm³/mol. The van der Waals surface area contributed by atoms with E-state index in [2.05, 4.69) is 32.8 Å². The first kappa shape index (κ1) is 7.35. The molecular weight excluding hydrogens is 204 g/mol. The average Bonchev–Trinajstić information content (AvgIpc) is 2.75. The van der Waals surface area contributed by atoms with Crippen molar-refractivity contribution < 1.29 is 0 Å². The molecule has 1 aromatic rings. The summed E-state index contributed by atoms with van der Waals surface area (Å²) in [5, 5.41) is 0. The van der Waals surface area contributed by atoms with E-state index in [1.165, 1.54) is 24.2 Å². The first-order valence-electron chi connectivity index (χ1n) is 4.05. The van der Waals surface area contributed by atoms with Crippen molar-refractivity contribution in [3.63, 3.8) is 0 Å². The Balaban J connectivity index is 2.34. The smallest absolute Gasteiger partial charge is 0.174 e. The molecule has 2 nitrogen and oxygen atoms in total. The van der Waals surface area contributed by atoms with Crippen molar-refractivity contribution in [3.8, 4) is 0 Å². The van der Waals surface area contributed by atoms with E-state index in [1.54, 1.807) is 0 Å². The topological polar surface area (TPSA) is 28.7 Å². The third-order valence-electron chi connectivity index (χ3n) is 2.10. The van der Waals surface area contributed by atoms with E-state index in [9.17, 15) is 0 Å². The van der Waals surface area contributed by atoms with Gasteiger partial charge in [0.2, 0.25) is 0 Å². The first-order valence-corrected chi connectivity index (χ1v) is 4.85. The molecule has 1 aliphatic rings. The van der Waals surface area contributed by atoms with Crippen LogP contribution in [0.15, 0.2) is 4.73 Å². The van der Waals surface area contributed by atoms with Crippen LogP contribution in [0.3, 0.4) is 0 Å². The fraction of sp³-hybridized carbons (Fsp3) is 0.625. The zero-order chi connectivity index (χ0) is 7.84. The second-order valence-electron chi connectivity index (χ2n) is 3.02. The van der Waals surface area contributed by atoms with Gasteiger partial charge in [-0.3, -0.25) is 0 Å². The Morgan fingerprint density at radius 1 is 1.64 bits per heavy atom. The van der Waals surface area contributed by atoms with Gasteiger partial charge in [0.15, 0.2) is 4.73 Å². The van der Waals surface area contributed by atoms with Crippen molar-refractivity contribution in [2.75, 3.05) is 0 Å². The molecule has 1 heterocycles. The Morgan fingerprint density at radius 3 is 2.91 bits per heavy atom. The summed E-state index contributed by atoms with van der Waals surface area (Å²) in [7, 11) is 0. The van der Waals surface area contributed by atoms with Gasteiger partial charge in [-0.15, -0.1) is 0 Å². The lowest BCUT2D eigenvalue weighted by Gasteiger charge is -1.93. The van der Waals surface area contributed by atoms with E-state index in [0.717, 1.165) is 17.1 Å². The van der Waals surface area contributed by atoms with Crippen molar-refractivity contribution in [3.05, 3.63) is 16.1 Å². The molecule has 0 aromatic carbocycles. The summed E-state index contributed by atoms with van der Waals surface area (Å²) in [5.41, 5.74) is 2.60. The minimum Gasteiger partial charge on any atom is -0.336 e. The molecule has 0 aliphatic heterocycles. The van der Waals surface area contributed by atoms with Crippen molar-refractivity contribution in [2.45, 2.75) is 32.1 Å². The van der Waals surface area contributed by atoms with Gasteiger partial charge in [0.05, 0.1) is 5.69 Å². The third kappa shape index (κ3) is 1.34. The molecule has 0 radical (unpaired) electrons. The van der Waals surface area contributed by atoms with Gasteiger partial charge < -0.3 is 4.98 Å². The molecule has 0 saturated heterocycles. The van der Waals surface area contributed by atoms with Crippen LogP contribution in [0.4, 0.5) is 0 Å². The van der Waals surface area contributed by atoms with E-state index in [-0.39, 0.29) is 0 Å². The lowest BCUT2D eigenvalue weighted by molar-refractivity contribution is 0.969. The summed E-state index contributed by atoms with van der Waals surface area (Å²) in [5.74, 6) is 0.757. The molecule has 1 aromatic heterocycles. The highest BCUT2D eigenvalue weighted by Crippen LogP contribution is 2.41. The maximum atomic E-state index is 4.40. The van der Waals surface area contributed by atoms with Crippen LogP contribution >= 0.6 is 15.9 Å². The molecule has 60 valence electrons. The van der Waals surface area contributed by atoms with E-state index in [1.807, 2.05) is 0 Å². The number of imidazole rings is 1. The molecule has 1 saturated carbocycles. The number of nitrogens with zero attached hydrogens (tertiary/aromatic N) is 1. The van der Waals surface area contributed by atoms with Gasteiger partial charge in [-0.05, 0) is 35.2 Å². The summed E-state index contributed by atoms with van der Waals surface area (Å²) < 4.78 is 0.885. The number of aromatic nitrogens is 2. The van der Waals surface area contributed by atoms with Crippen LogP contribution in [0, 0.1) is 0 Å². The summed E-state index contributed by atoms with van der Waals surface area (Å²) >= 11 is 3.35. The summed E-state index contributed by atoms with van der Waals surface area (Å²) in [6, 6.07) is 0. The van der Waals surface area contributed by atoms with Gasteiger partial charge in [-0.1, -0.05) is 6.92 Å². The lowest BCUT2D eigenvalue weighted by atomic mass is 10.2. The Hall–Kier alpha value is -0.310. The van der Waals surface area contributed by atoms with Crippen LogP contribution in [0.25, 0.3) is 0 Å². The second kappa shape index (κ2) is 2.63. The molecule has 0 spiro atoms. The van der Waals surface area contributed by atoms with Gasteiger partial charge in [0.25, 0.3) is 0 Å². The SMILES string of the molecule is CCc1[nH]c(Br)nc1C1CC1. The number of aryl methyl sites for hydroxylation is 1. The molecule has 0 bridgehead atoms. The molecule has 0 atom stereocenters. The predicted octanol–water partition coefficient (Wildman–Crippen LogP) is 2.61. The molecule has 11 heavy (non-hydrogen) atoms. The zero-order valence-electron chi connectivity index (χ0n) is 6.52. The third-order valence-corrected chi connectivity index (χ3v) is 2.48. The average molecular weight is 215 g/mol. The number of aromatic amines is 1. The van der Waals surface area contributed by atoms with Crippen LogP contribution < -0.4 is 0 Å². The second-order valence-corrected chi connectivity index (χ2v) is 3.77. The number of hydrogen-bond donors (Lipinski definition) is 1. The maximum absolute atomic E-state index is 4.40. The Labute approximate surface area is 74.5 Å². The molecule has 2 rings (SSSR count). The minimum absolute atomic E-state index is 0.757. The molecule has 0 amide bonds. The van der Waals surface area contributed by atoms with Crippen molar-refractivity contribution in [1.82, 2.24) is 9.97 Å². The van der Waals surface area contributed by atoms with Crippen LogP contribution in [0.5, 0.6) is 0 Å². The van der Waals surface area contributed by atoms with Crippen molar-refractivity contribution in [2.24, 2.45) is 0 Å². The minimum atomic E-state index is 0.757. The maximum Gasteiger partial charge on any atom is 0.174 e. The highest BCUT2D eigenvalue weighted by molar-refractivity contribution is 9.10. The van der Waals surface area contributed by atoms with Crippen molar-refractivity contribution >= 4 is 15.9 Å². The number of halogens is 1. The largest absolute Gasteiger partial charge is 0.336 e. The standard InChI is InChI=1S/C8H11BrN2/c1-2-6-7(5-3-4-5)11-8(9)10-6/h5H,2-4H2,1H3,(H,10,11). The summed E-state index contributed by atoms with van der Waals surface area (Å²) in [6.45, 7) is 2.16. The first-order chi connectivity index (χ1) is 5.31. The monoisotopic (exact) mass is 214 g/mol. The van der Waals surface area contributed by atoms with E-state index in [4.69, 9.17) is 0 Å². The van der Waals surface area contributed by atoms with Gasteiger partial charge in [-0.2, -0.15) is 0 Å². The van der Waals surface area contributed by atoms with E-state index in [0.29, 0.717) is 0 Å². The Bertz CT molecular complexity index is 263. The quantitative estimate of drug-likeness (QED) is 0.806. The zero-order valence-corrected chi connectivity index (χ0v) is 8.11. The summed E-state index contributed by atoms with van der Waals surface area (Å²) in [6.07, 6.45) is 3.71. The van der Waals surface area contributed by atoms with Gasteiger partial charge >= 0.3 is 0 Å². The van der Waals surface area contributed by atoms with Crippen LogP contribution in [0.2, 0.25) is 0 Å². The van der Waals surface area contributed by atoms with Gasteiger partial charge in [-0.25, -0.2) is 4.98 Å². The summed E-state index contributed by atoms with van der Waals surface area (Å²) in [4.78, 5) is 7.63. The molecule has 1 aliphatic carbocycles. The number of rotatable bonds is 2. The van der Waals surface area contributed by atoms with Gasteiger partial charge in [0, 0.05) is 11.6 Å². The van der Waals surface area contributed by atoms with Crippen LogP contribution in [-0.4, -0.2) is 9.97 Å². The highest BCUT2D eigenvalue weighted by Gasteiger charge is 2.28. The van der Waals surface area contributed by atoms with Crippen molar-refractivity contribution in [1.29, 1.82) is 0 Å². The van der Waals surface area contributed by atoms with Crippen LogP contribution in [-0.2, 0) is 6.42 Å². The Kier molecular flexibility index (Phi) is 1.75. The molecular formula is C8H11BrN2. The fourth-order valence-corrected chi connectivity index (χ4v) is 1.78. The molecule has 1 N–H and O–H groups in total. The normalized spacial score (nSPS) is 17.3. The van der Waals surface area contributed by atoms with E-state index >= 15 is 0 Å². The molecule has 1 fully saturated rings. The van der Waals surface area contributed by atoms with Gasteiger partial charge in [0.1, 0.15) is 0 Å². The fourth-order valence-electron chi connectivity index (χ4n) is 1.35. The lowest BCUT2D eigenvalue weighted by Crippen LogP contribution is -1.87. The molecule has 0 unspecified atom stereocenters. The highest BCUT2D eigenvalue weighted by atomic mass is 79.9. The number of H-pyrrole nitrogens is 1. The Morgan fingerprint density at radius 2 is 2.36 bits per heavy atom. The van der Waals surface area contributed by atoms with Crippen LogP contribution in [0.1, 0.15) is 37.1 Å². The number of hydrogen-bond acceptors (Lipinski definition) is 1. The number of nitrogens with one attached hydrogen (secondary N) is 1. The van der Waals surface area contributed by atoms with E-state index < -0.39 is 0 Å². The molecule has 3 heteroatoms.